The zero-order valence-electron chi connectivity index (χ0n) is 18.9. The van der Waals surface area contributed by atoms with Gasteiger partial charge in [-0.3, -0.25) is 19.1 Å². The predicted octanol–water partition coefficient (Wildman–Crippen LogP) is 4.24. The van der Waals surface area contributed by atoms with Gasteiger partial charge in [0.05, 0.1) is 5.69 Å². The fraction of sp³-hybridized carbons (Fsp3) is 0.478. The minimum atomic E-state index is -0.617. The van der Waals surface area contributed by atoms with Crippen molar-refractivity contribution in [2.75, 3.05) is 5.32 Å². The molecule has 3 aromatic rings. The number of benzene rings is 1. The fourth-order valence-electron chi connectivity index (χ4n) is 3.72. The van der Waals surface area contributed by atoms with E-state index in [0.717, 1.165) is 38.2 Å². The summed E-state index contributed by atoms with van der Waals surface area (Å²) in [5.74, 6) is -0.455. The van der Waals surface area contributed by atoms with Crippen LogP contribution in [0.25, 0.3) is 11.2 Å². The molecule has 2 aromatic heterocycles. The first-order chi connectivity index (χ1) is 15.8. The smallest absolute Gasteiger partial charge is 0.324 e. The van der Waals surface area contributed by atoms with Gasteiger partial charge < -0.3 is 9.88 Å². The zero-order valence-corrected chi connectivity index (χ0v) is 19.7. The number of rotatable bonds is 11. The molecule has 1 aromatic carbocycles. The summed E-state index contributed by atoms with van der Waals surface area (Å²) in [6, 6.07) is 4.03. The van der Waals surface area contributed by atoms with Gasteiger partial charge in [0.25, 0.3) is 5.56 Å². The largest absolute Gasteiger partial charge is 0.330 e. The molecule has 0 bridgehead atoms. The van der Waals surface area contributed by atoms with Gasteiger partial charge in [-0.2, -0.15) is 0 Å². The maximum Gasteiger partial charge on any atom is 0.330 e. The number of hydrogen-bond acceptors (Lipinski definition) is 4. The third kappa shape index (κ3) is 5.90. The summed E-state index contributed by atoms with van der Waals surface area (Å²) in [6.07, 6.45) is 4.76. The molecule has 178 valence electrons. The SMILES string of the molecule is CCCCCn1c(CCC(=O)Nc2ccc(Cl)cc2F)nc2c1c(=O)[nH]c(=O)n2CCCC. The first-order valence-corrected chi connectivity index (χ1v) is 11.7. The Labute approximate surface area is 195 Å². The summed E-state index contributed by atoms with van der Waals surface area (Å²) in [7, 11) is 0. The summed E-state index contributed by atoms with van der Waals surface area (Å²) in [6.45, 7) is 5.11. The van der Waals surface area contributed by atoms with Gasteiger partial charge in [0, 0.05) is 31.0 Å². The van der Waals surface area contributed by atoms with Crippen LogP contribution in [0.3, 0.4) is 0 Å². The molecule has 0 aliphatic carbocycles. The molecule has 3 rings (SSSR count). The van der Waals surface area contributed by atoms with Gasteiger partial charge in [-0.15, -0.1) is 0 Å². The normalized spacial score (nSPS) is 11.3. The Kier molecular flexibility index (Phi) is 8.43. The van der Waals surface area contributed by atoms with Gasteiger partial charge in [-0.1, -0.05) is 44.7 Å². The Morgan fingerprint density at radius 1 is 1.12 bits per heavy atom. The van der Waals surface area contributed by atoms with E-state index < -0.39 is 17.1 Å². The molecule has 33 heavy (non-hydrogen) atoms. The number of hydrogen-bond donors (Lipinski definition) is 2. The number of aromatic amines is 1. The maximum absolute atomic E-state index is 14.0. The maximum atomic E-state index is 14.0. The van der Waals surface area contributed by atoms with Gasteiger partial charge in [0.1, 0.15) is 11.6 Å². The molecule has 0 aliphatic rings. The molecule has 8 nitrogen and oxygen atoms in total. The molecule has 0 saturated heterocycles. The molecule has 0 radical (unpaired) electrons. The summed E-state index contributed by atoms with van der Waals surface area (Å²) in [5.41, 5.74) is -0.230. The molecule has 2 heterocycles. The Morgan fingerprint density at radius 3 is 2.55 bits per heavy atom. The summed E-state index contributed by atoms with van der Waals surface area (Å²) in [4.78, 5) is 44.6. The lowest BCUT2D eigenvalue weighted by Gasteiger charge is -2.10. The number of nitrogens with zero attached hydrogens (tertiary/aromatic N) is 3. The summed E-state index contributed by atoms with van der Waals surface area (Å²) >= 11 is 5.76. The van der Waals surface area contributed by atoms with E-state index in [1.54, 1.807) is 0 Å². The molecule has 2 N–H and O–H groups in total. The van der Waals surface area contributed by atoms with Crippen LogP contribution in [0, 0.1) is 5.82 Å². The first kappa shape index (κ1) is 24.7. The average Bonchev–Trinajstić information content (AvgIpc) is 3.13. The van der Waals surface area contributed by atoms with Gasteiger partial charge >= 0.3 is 5.69 Å². The molecule has 10 heteroatoms. The van der Waals surface area contributed by atoms with E-state index in [1.165, 1.54) is 16.7 Å². The number of anilines is 1. The van der Waals surface area contributed by atoms with Crippen molar-refractivity contribution in [2.24, 2.45) is 0 Å². The van der Waals surface area contributed by atoms with E-state index >= 15 is 0 Å². The number of unbranched alkanes of at least 4 members (excludes halogenated alkanes) is 3. The highest BCUT2D eigenvalue weighted by molar-refractivity contribution is 6.30. The number of fused-ring (bicyclic) bond motifs is 1. The van der Waals surface area contributed by atoms with Crippen LogP contribution in [0.2, 0.25) is 5.02 Å². The summed E-state index contributed by atoms with van der Waals surface area (Å²) < 4.78 is 17.3. The molecule has 0 spiro atoms. The number of amides is 1. The first-order valence-electron chi connectivity index (χ1n) is 11.3. The van der Waals surface area contributed by atoms with Crippen LogP contribution in [0.5, 0.6) is 0 Å². The van der Waals surface area contributed by atoms with Crippen molar-refractivity contribution in [3.63, 3.8) is 0 Å². The molecule has 0 atom stereocenters. The van der Waals surface area contributed by atoms with Crippen molar-refractivity contribution in [3.05, 3.63) is 55.7 Å². The quantitative estimate of drug-likeness (QED) is 0.403. The van der Waals surface area contributed by atoms with Gasteiger partial charge in [-0.05, 0) is 31.0 Å². The van der Waals surface area contributed by atoms with E-state index in [2.05, 4.69) is 22.2 Å². The molecule has 0 unspecified atom stereocenters. The Bertz CT molecular complexity index is 1250. The molecule has 0 fully saturated rings. The molecule has 0 saturated carbocycles. The lowest BCUT2D eigenvalue weighted by atomic mass is 10.2. The molecule has 1 amide bonds. The number of carbonyl (C=O) groups is 1. The molecular weight excluding hydrogens is 449 g/mol. The van der Waals surface area contributed by atoms with E-state index in [9.17, 15) is 18.8 Å². The molecular formula is C23H29ClFN5O3. The van der Waals surface area contributed by atoms with Crippen LogP contribution in [-0.4, -0.2) is 25.0 Å². The Morgan fingerprint density at radius 2 is 1.85 bits per heavy atom. The predicted molar refractivity (Wildman–Crippen MR) is 127 cm³/mol. The van der Waals surface area contributed by atoms with Crippen LogP contribution in [-0.2, 0) is 24.3 Å². The highest BCUT2D eigenvalue weighted by Crippen LogP contribution is 2.20. The number of carbonyl (C=O) groups excluding carboxylic acids is 1. The van der Waals surface area contributed by atoms with Gasteiger partial charge in [-0.25, -0.2) is 14.2 Å². The van der Waals surface area contributed by atoms with Crippen molar-refractivity contribution < 1.29 is 9.18 Å². The van der Waals surface area contributed by atoms with Crippen LogP contribution >= 0.6 is 11.6 Å². The van der Waals surface area contributed by atoms with E-state index in [4.69, 9.17) is 11.6 Å². The minimum Gasteiger partial charge on any atom is -0.324 e. The summed E-state index contributed by atoms with van der Waals surface area (Å²) in [5, 5.41) is 2.78. The lowest BCUT2D eigenvalue weighted by molar-refractivity contribution is -0.116. The topological polar surface area (TPSA) is 102 Å². The second-order valence-electron chi connectivity index (χ2n) is 8.00. The van der Waals surface area contributed by atoms with Gasteiger partial charge in [0.15, 0.2) is 11.2 Å². The molecule has 0 aliphatic heterocycles. The van der Waals surface area contributed by atoms with Crippen molar-refractivity contribution in [3.8, 4) is 0 Å². The standard InChI is InChI=1S/C23H29ClFN5O3/c1-3-5-7-13-29-18(10-11-19(31)26-17-9-8-15(24)14-16(17)25)27-21-20(29)22(32)28-23(33)30(21)12-6-4-2/h8-9,14H,3-7,10-13H2,1-2H3,(H,26,31)(H,28,32,33). The third-order valence-electron chi connectivity index (χ3n) is 5.47. The number of nitrogens with one attached hydrogen (secondary N) is 2. The highest BCUT2D eigenvalue weighted by atomic mass is 35.5. The number of imidazole rings is 1. The fourth-order valence-corrected chi connectivity index (χ4v) is 3.88. The second-order valence-corrected chi connectivity index (χ2v) is 8.43. The van der Waals surface area contributed by atoms with E-state index in [0.29, 0.717) is 30.1 Å². The third-order valence-corrected chi connectivity index (χ3v) is 5.70. The van der Waals surface area contributed by atoms with Crippen LogP contribution in [0.4, 0.5) is 10.1 Å². The highest BCUT2D eigenvalue weighted by Gasteiger charge is 2.19. The Hall–Kier alpha value is -2.94. The minimum absolute atomic E-state index is 0.0380. The Balaban J connectivity index is 1.90. The van der Waals surface area contributed by atoms with Crippen molar-refractivity contribution in [1.82, 2.24) is 19.1 Å². The number of halogens is 2. The van der Waals surface area contributed by atoms with E-state index in [1.807, 2.05) is 11.5 Å². The van der Waals surface area contributed by atoms with Crippen molar-refractivity contribution in [2.45, 2.75) is 71.9 Å². The van der Waals surface area contributed by atoms with Crippen LogP contribution in [0.1, 0.15) is 58.2 Å². The second kappa shape index (κ2) is 11.3. The number of aromatic nitrogens is 4. The van der Waals surface area contributed by atoms with Gasteiger partial charge in [0.2, 0.25) is 5.91 Å². The lowest BCUT2D eigenvalue weighted by Crippen LogP contribution is -2.31. The van der Waals surface area contributed by atoms with Crippen molar-refractivity contribution in [1.29, 1.82) is 0 Å². The van der Waals surface area contributed by atoms with Crippen LogP contribution < -0.4 is 16.6 Å². The number of H-pyrrole nitrogens is 1. The van der Waals surface area contributed by atoms with Crippen molar-refractivity contribution >= 4 is 34.4 Å². The zero-order chi connectivity index (χ0) is 24.0. The number of aryl methyl sites for hydroxylation is 3. The van der Waals surface area contributed by atoms with Crippen LogP contribution in [0.15, 0.2) is 27.8 Å². The monoisotopic (exact) mass is 477 g/mol. The average molecular weight is 478 g/mol. The van der Waals surface area contributed by atoms with E-state index in [-0.39, 0.29) is 29.5 Å².